The van der Waals surface area contributed by atoms with Crippen molar-refractivity contribution < 1.29 is 9.15 Å². The molecule has 0 saturated heterocycles. The van der Waals surface area contributed by atoms with Crippen LogP contribution < -0.4 is 4.74 Å². The summed E-state index contributed by atoms with van der Waals surface area (Å²) in [5, 5.41) is 1.10. The van der Waals surface area contributed by atoms with Crippen molar-refractivity contribution in [2.75, 3.05) is 7.11 Å². The molecule has 0 N–H and O–H groups in total. The lowest BCUT2D eigenvalue weighted by molar-refractivity contribution is 0.413. The van der Waals surface area contributed by atoms with Crippen LogP contribution in [0.3, 0.4) is 0 Å². The van der Waals surface area contributed by atoms with Gasteiger partial charge >= 0.3 is 0 Å². The molecule has 0 amide bonds. The van der Waals surface area contributed by atoms with E-state index in [4.69, 9.17) is 9.15 Å². The Kier molecular flexibility index (Phi) is 2.52. The molecular weight excluding hydrogens is 226 g/mol. The first-order valence-corrected chi connectivity index (χ1v) is 5.76. The molecule has 2 aromatic heterocycles. The van der Waals surface area contributed by atoms with Gasteiger partial charge < -0.3 is 9.15 Å². The quantitative estimate of drug-likeness (QED) is 0.682. The average Bonchev–Trinajstić information content (AvgIpc) is 2.81. The summed E-state index contributed by atoms with van der Waals surface area (Å²) in [5.41, 5.74) is 3.02. The van der Waals surface area contributed by atoms with Gasteiger partial charge in [-0.05, 0) is 31.2 Å². The number of methoxy groups -OCH3 is 1. The van der Waals surface area contributed by atoms with Crippen LogP contribution in [0.25, 0.3) is 22.3 Å². The third-order valence-electron chi connectivity index (χ3n) is 2.94. The van der Waals surface area contributed by atoms with Gasteiger partial charge in [0.05, 0.1) is 18.9 Å². The van der Waals surface area contributed by atoms with Gasteiger partial charge in [-0.25, -0.2) is 0 Å². The van der Waals surface area contributed by atoms with E-state index in [9.17, 15) is 0 Å². The Morgan fingerprint density at radius 1 is 1.17 bits per heavy atom. The number of hydrogen-bond donors (Lipinski definition) is 0. The van der Waals surface area contributed by atoms with Gasteiger partial charge in [0, 0.05) is 11.6 Å². The van der Waals surface area contributed by atoms with Gasteiger partial charge in [-0.2, -0.15) is 0 Å². The average molecular weight is 239 g/mol. The Morgan fingerprint density at radius 2 is 2.06 bits per heavy atom. The number of furan rings is 1. The molecule has 0 radical (unpaired) electrons. The Bertz CT molecular complexity index is 701. The zero-order valence-corrected chi connectivity index (χ0v) is 10.3. The maximum Gasteiger partial charge on any atom is 0.148 e. The van der Waals surface area contributed by atoms with Crippen molar-refractivity contribution in [1.29, 1.82) is 0 Å². The number of ether oxygens (including phenoxy) is 1. The van der Waals surface area contributed by atoms with E-state index in [0.29, 0.717) is 5.75 Å². The van der Waals surface area contributed by atoms with Crippen LogP contribution in [0, 0.1) is 6.92 Å². The van der Waals surface area contributed by atoms with E-state index < -0.39 is 0 Å². The highest BCUT2D eigenvalue weighted by atomic mass is 16.5. The van der Waals surface area contributed by atoms with Crippen molar-refractivity contribution in [3.8, 4) is 17.1 Å². The van der Waals surface area contributed by atoms with Gasteiger partial charge in [-0.15, -0.1) is 0 Å². The van der Waals surface area contributed by atoms with Crippen molar-refractivity contribution in [2.24, 2.45) is 0 Å². The fourth-order valence-electron chi connectivity index (χ4n) is 2.04. The summed E-state index contributed by atoms with van der Waals surface area (Å²) in [5.74, 6) is 1.52. The summed E-state index contributed by atoms with van der Waals surface area (Å²) in [7, 11) is 1.63. The van der Waals surface area contributed by atoms with Crippen molar-refractivity contribution in [3.05, 3.63) is 48.3 Å². The predicted octanol–water partition coefficient (Wildman–Crippen LogP) is 3.81. The molecule has 3 heteroatoms. The highest BCUT2D eigenvalue weighted by Crippen LogP contribution is 2.33. The Morgan fingerprint density at radius 3 is 2.89 bits per heavy atom. The highest BCUT2D eigenvalue weighted by molar-refractivity contribution is 5.84. The molecule has 0 spiro atoms. The van der Waals surface area contributed by atoms with Crippen LogP contribution in [0.1, 0.15) is 5.56 Å². The molecule has 2 heterocycles. The van der Waals surface area contributed by atoms with E-state index in [-0.39, 0.29) is 0 Å². The molecule has 0 fully saturated rings. The van der Waals surface area contributed by atoms with Crippen LogP contribution in [0.4, 0.5) is 0 Å². The fraction of sp³-hybridized carbons (Fsp3) is 0.133. The van der Waals surface area contributed by atoms with Crippen molar-refractivity contribution >= 4 is 11.0 Å². The molecule has 0 aliphatic carbocycles. The molecule has 3 rings (SSSR count). The van der Waals surface area contributed by atoms with E-state index in [0.717, 1.165) is 22.3 Å². The predicted molar refractivity (Wildman–Crippen MR) is 70.7 cm³/mol. The van der Waals surface area contributed by atoms with Crippen LogP contribution in [-0.4, -0.2) is 12.1 Å². The number of rotatable bonds is 2. The second-order valence-corrected chi connectivity index (χ2v) is 4.23. The molecule has 0 atom stereocenters. The number of nitrogens with zero attached hydrogens (tertiary/aromatic N) is 1. The van der Waals surface area contributed by atoms with Crippen molar-refractivity contribution in [1.82, 2.24) is 4.98 Å². The zero-order valence-electron chi connectivity index (χ0n) is 10.3. The summed E-state index contributed by atoms with van der Waals surface area (Å²) >= 11 is 0. The van der Waals surface area contributed by atoms with E-state index >= 15 is 0 Å². The molecular formula is C15H13NO2. The molecule has 1 aromatic carbocycles. The van der Waals surface area contributed by atoms with Crippen LogP contribution in [0.15, 0.2) is 47.1 Å². The Hall–Kier alpha value is -2.29. The molecule has 0 aliphatic rings. The lowest BCUT2D eigenvalue weighted by Gasteiger charge is -2.03. The maximum absolute atomic E-state index is 5.84. The number of benzene rings is 1. The smallest absolute Gasteiger partial charge is 0.148 e. The van der Waals surface area contributed by atoms with Crippen molar-refractivity contribution in [2.45, 2.75) is 6.92 Å². The molecule has 90 valence electrons. The normalized spacial score (nSPS) is 10.8. The van der Waals surface area contributed by atoms with Crippen LogP contribution >= 0.6 is 0 Å². The summed E-state index contributed by atoms with van der Waals surface area (Å²) in [6.07, 6.45) is 3.42. The summed E-state index contributed by atoms with van der Waals surface area (Å²) < 4.78 is 11.1. The first-order valence-electron chi connectivity index (χ1n) is 5.76. The van der Waals surface area contributed by atoms with Gasteiger partial charge in [-0.3, -0.25) is 4.98 Å². The van der Waals surface area contributed by atoms with Gasteiger partial charge in [-0.1, -0.05) is 11.6 Å². The van der Waals surface area contributed by atoms with E-state index in [1.54, 1.807) is 19.5 Å². The second kappa shape index (κ2) is 4.18. The first kappa shape index (κ1) is 10.8. The number of hydrogen-bond acceptors (Lipinski definition) is 3. The minimum atomic E-state index is 0.716. The van der Waals surface area contributed by atoms with Crippen LogP contribution in [-0.2, 0) is 0 Å². The van der Waals surface area contributed by atoms with E-state index in [1.165, 1.54) is 5.56 Å². The fourth-order valence-corrected chi connectivity index (χ4v) is 2.04. The van der Waals surface area contributed by atoms with E-state index in [2.05, 4.69) is 18.0 Å². The largest absolute Gasteiger partial charge is 0.494 e. The monoisotopic (exact) mass is 239 g/mol. The van der Waals surface area contributed by atoms with Crippen molar-refractivity contribution in [3.63, 3.8) is 0 Å². The summed E-state index contributed by atoms with van der Waals surface area (Å²) in [6.45, 7) is 2.07. The SMILES string of the molecule is COc1cnccc1-c1cc2cc(C)ccc2o1. The van der Waals surface area contributed by atoms with Gasteiger partial charge in [0.15, 0.2) is 0 Å². The molecule has 3 aromatic rings. The zero-order chi connectivity index (χ0) is 12.5. The van der Waals surface area contributed by atoms with Gasteiger partial charge in [0.1, 0.15) is 17.1 Å². The third-order valence-corrected chi connectivity index (χ3v) is 2.94. The molecule has 0 bridgehead atoms. The van der Waals surface area contributed by atoms with Crippen LogP contribution in [0.2, 0.25) is 0 Å². The Labute approximate surface area is 105 Å². The molecule has 0 unspecified atom stereocenters. The number of aryl methyl sites for hydroxylation is 1. The molecule has 0 saturated carbocycles. The minimum absolute atomic E-state index is 0.716. The highest BCUT2D eigenvalue weighted by Gasteiger charge is 2.10. The van der Waals surface area contributed by atoms with E-state index in [1.807, 2.05) is 24.3 Å². The standard InChI is InChI=1S/C15H13NO2/c1-10-3-4-13-11(7-10)8-14(18-13)12-5-6-16-9-15(12)17-2/h3-9H,1-2H3. The lowest BCUT2D eigenvalue weighted by atomic mass is 10.1. The second-order valence-electron chi connectivity index (χ2n) is 4.23. The molecule has 3 nitrogen and oxygen atoms in total. The Balaban J connectivity index is 2.19. The van der Waals surface area contributed by atoms with Gasteiger partial charge in [0.2, 0.25) is 0 Å². The summed E-state index contributed by atoms with van der Waals surface area (Å²) in [4.78, 5) is 4.04. The topological polar surface area (TPSA) is 35.3 Å². The molecule has 18 heavy (non-hydrogen) atoms. The minimum Gasteiger partial charge on any atom is -0.494 e. The lowest BCUT2D eigenvalue weighted by Crippen LogP contribution is -1.87. The number of fused-ring (bicyclic) bond motifs is 1. The number of pyridine rings is 1. The summed E-state index contributed by atoms with van der Waals surface area (Å²) in [6, 6.07) is 10.1. The maximum atomic E-state index is 5.84. The molecule has 0 aliphatic heterocycles. The first-order chi connectivity index (χ1) is 8.78. The third kappa shape index (κ3) is 1.74. The van der Waals surface area contributed by atoms with Crippen LogP contribution in [0.5, 0.6) is 5.75 Å². The number of aromatic nitrogens is 1. The van der Waals surface area contributed by atoms with Gasteiger partial charge in [0.25, 0.3) is 0 Å².